The summed E-state index contributed by atoms with van der Waals surface area (Å²) >= 11 is 0. The molecule has 1 unspecified atom stereocenters. The first-order chi connectivity index (χ1) is 18.6. The molecule has 11 nitrogen and oxygen atoms in total. The Bertz CT molecular complexity index is 1010. The molecular weight excluding hydrogens is 548 g/mol. The second-order valence-corrected chi connectivity index (χ2v) is 15.9. The summed E-state index contributed by atoms with van der Waals surface area (Å²) in [7, 11) is 0. The first-order valence-electron chi connectivity index (χ1n) is 14.2. The SMILES string of the molecule is CC(C)(C)C(=O)OC[C@H]1OC(OC(=O)C(C)(C)C)[C@@H](OC(=O)C(C)(C)C)[C@@H](OC(=O)C(C)(C)C)[C@@H]1OC(=O)C(C)(C)C. The van der Waals surface area contributed by atoms with Crippen molar-refractivity contribution in [2.45, 2.75) is 135 Å². The summed E-state index contributed by atoms with van der Waals surface area (Å²) in [6.07, 6.45) is -7.27. The maximum Gasteiger partial charge on any atom is 0.313 e. The van der Waals surface area contributed by atoms with Crippen molar-refractivity contribution < 1.29 is 52.4 Å². The molecule has 11 heteroatoms. The van der Waals surface area contributed by atoms with Crippen molar-refractivity contribution >= 4 is 29.8 Å². The van der Waals surface area contributed by atoms with Gasteiger partial charge in [-0.05, 0) is 104 Å². The van der Waals surface area contributed by atoms with Gasteiger partial charge < -0.3 is 28.4 Å². The topological polar surface area (TPSA) is 141 Å². The van der Waals surface area contributed by atoms with E-state index in [9.17, 15) is 24.0 Å². The molecule has 5 atom stereocenters. The van der Waals surface area contributed by atoms with E-state index in [0.29, 0.717) is 0 Å². The van der Waals surface area contributed by atoms with Crippen LogP contribution in [0.5, 0.6) is 0 Å². The zero-order chi connectivity index (χ0) is 33.2. The van der Waals surface area contributed by atoms with Crippen LogP contribution in [0.25, 0.3) is 0 Å². The van der Waals surface area contributed by atoms with Crippen LogP contribution in [0.2, 0.25) is 0 Å². The third kappa shape index (κ3) is 10.5. The van der Waals surface area contributed by atoms with Gasteiger partial charge >= 0.3 is 29.8 Å². The van der Waals surface area contributed by atoms with Gasteiger partial charge in [0.15, 0.2) is 12.2 Å². The summed E-state index contributed by atoms with van der Waals surface area (Å²) in [5.74, 6) is -3.34. The maximum atomic E-state index is 13.2. The number of hydrogen-bond acceptors (Lipinski definition) is 11. The fourth-order valence-electron chi connectivity index (χ4n) is 3.07. The molecule has 42 heavy (non-hydrogen) atoms. The molecule has 1 fully saturated rings. The molecule has 242 valence electrons. The van der Waals surface area contributed by atoms with Gasteiger partial charge in [0.1, 0.15) is 12.7 Å². The zero-order valence-corrected chi connectivity index (χ0v) is 28.1. The second kappa shape index (κ2) is 12.9. The van der Waals surface area contributed by atoms with Gasteiger partial charge in [-0.1, -0.05) is 0 Å². The van der Waals surface area contributed by atoms with E-state index in [4.69, 9.17) is 28.4 Å². The van der Waals surface area contributed by atoms with Crippen LogP contribution < -0.4 is 0 Å². The summed E-state index contributed by atoms with van der Waals surface area (Å²) in [6, 6.07) is 0. The van der Waals surface area contributed by atoms with E-state index in [1.807, 2.05) is 0 Å². The smallest absolute Gasteiger partial charge is 0.313 e. The lowest BCUT2D eigenvalue weighted by molar-refractivity contribution is -0.306. The van der Waals surface area contributed by atoms with Gasteiger partial charge in [0, 0.05) is 0 Å². The van der Waals surface area contributed by atoms with Crippen LogP contribution in [0.3, 0.4) is 0 Å². The van der Waals surface area contributed by atoms with Crippen molar-refractivity contribution in [3.8, 4) is 0 Å². The number of carbonyl (C=O) groups is 5. The van der Waals surface area contributed by atoms with Gasteiger partial charge in [0.25, 0.3) is 0 Å². The Morgan fingerprint density at radius 1 is 0.452 bits per heavy atom. The quantitative estimate of drug-likeness (QED) is 0.308. The van der Waals surface area contributed by atoms with Crippen LogP contribution in [0, 0.1) is 27.1 Å². The first-order valence-corrected chi connectivity index (χ1v) is 14.2. The highest BCUT2D eigenvalue weighted by molar-refractivity contribution is 5.78. The Kier molecular flexibility index (Phi) is 11.5. The molecule has 0 N–H and O–H groups in total. The minimum atomic E-state index is -1.59. The molecule has 0 radical (unpaired) electrons. The van der Waals surface area contributed by atoms with Crippen molar-refractivity contribution in [2.75, 3.05) is 6.61 Å². The van der Waals surface area contributed by atoms with Gasteiger partial charge in [0.05, 0.1) is 27.1 Å². The highest BCUT2D eigenvalue weighted by Crippen LogP contribution is 2.35. The second-order valence-electron chi connectivity index (χ2n) is 15.9. The highest BCUT2D eigenvalue weighted by Gasteiger charge is 2.56. The molecule has 1 saturated heterocycles. The zero-order valence-electron chi connectivity index (χ0n) is 28.1. The van der Waals surface area contributed by atoms with Crippen molar-refractivity contribution in [2.24, 2.45) is 27.1 Å². The van der Waals surface area contributed by atoms with Crippen molar-refractivity contribution in [3.63, 3.8) is 0 Å². The lowest BCUT2D eigenvalue weighted by Crippen LogP contribution is -2.64. The fourth-order valence-corrected chi connectivity index (χ4v) is 3.07. The van der Waals surface area contributed by atoms with E-state index in [1.54, 1.807) is 104 Å². The largest absolute Gasteiger partial charge is 0.462 e. The van der Waals surface area contributed by atoms with Gasteiger partial charge in [0.2, 0.25) is 12.4 Å². The van der Waals surface area contributed by atoms with Gasteiger partial charge in [-0.2, -0.15) is 0 Å². The molecular formula is C31H52O11. The lowest BCUT2D eigenvalue weighted by atomic mass is 9.92. The number of hydrogen-bond donors (Lipinski definition) is 0. The molecule has 0 aliphatic carbocycles. The minimum absolute atomic E-state index is 0.439. The standard InChI is InChI=1S/C31H52O11/c1-27(2,3)22(32)37-16-17-18(39-23(33)28(4,5)6)19(40-24(34)29(7,8)9)20(41-25(35)30(10,11)12)21(38-17)42-26(36)31(13,14)15/h17-21H,16H2,1-15H3/t17-,18-,19+,20+,21?/m1/s1. The molecule has 0 aromatic carbocycles. The Balaban J connectivity index is 3.82. The normalized spacial score (nSPS) is 23.8. The van der Waals surface area contributed by atoms with Crippen LogP contribution in [0.15, 0.2) is 0 Å². The highest BCUT2D eigenvalue weighted by atomic mass is 16.7. The monoisotopic (exact) mass is 600 g/mol. The summed E-state index contributed by atoms with van der Waals surface area (Å²) < 4.78 is 34.9. The molecule has 0 saturated carbocycles. The molecule has 0 amide bonds. The Morgan fingerprint density at radius 3 is 1.12 bits per heavy atom. The van der Waals surface area contributed by atoms with Crippen LogP contribution >= 0.6 is 0 Å². The predicted molar refractivity (Wildman–Crippen MR) is 153 cm³/mol. The Hall–Kier alpha value is -2.69. The van der Waals surface area contributed by atoms with Gasteiger partial charge in [-0.25, -0.2) is 0 Å². The number of ether oxygens (including phenoxy) is 6. The third-order valence-electron chi connectivity index (χ3n) is 5.98. The molecule has 0 aromatic rings. The fraction of sp³-hybridized carbons (Fsp3) is 0.839. The van der Waals surface area contributed by atoms with Crippen molar-refractivity contribution in [1.82, 2.24) is 0 Å². The van der Waals surface area contributed by atoms with E-state index in [0.717, 1.165) is 0 Å². The average molecular weight is 601 g/mol. The first kappa shape index (κ1) is 37.3. The van der Waals surface area contributed by atoms with E-state index < -0.39 is 94.2 Å². The molecule has 1 aliphatic rings. The van der Waals surface area contributed by atoms with E-state index in [-0.39, 0.29) is 0 Å². The van der Waals surface area contributed by atoms with Crippen molar-refractivity contribution in [1.29, 1.82) is 0 Å². The number of carbonyl (C=O) groups excluding carboxylic acids is 5. The van der Waals surface area contributed by atoms with Crippen LogP contribution in [0.1, 0.15) is 104 Å². The Labute approximate surface area is 250 Å². The van der Waals surface area contributed by atoms with Crippen LogP contribution in [-0.4, -0.2) is 67.2 Å². The molecule has 1 aliphatic heterocycles. The van der Waals surface area contributed by atoms with E-state index in [1.165, 1.54) is 0 Å². The molecule has 0 bridgehead atoms. The third-order valence-corrected chi connectivity index (χ3v) is 5.98. The van der Waals surface area contributed by atoms with E-state index >= 15 is 0 Å². The summed E-state index contributed by atoms with van der Waals surface area (Å²) in [5.41, 5.74) is -4.86. The van der Waals surface area contributed by atoms with Gasteiger partial charge in [-0.15, -0.1) is 0 Å². The lowest BCUT2D eigenvalue weighted by Gasteiger charge is -2.45. The molecule has 0 spiro atoms. The molecule has 0 aromatic heterocycles. The van der Waals surface area contributed by atoms with Crippen molar-refractivity contribution in [3.05, 3.63) is 0 Å². The molecule has 1 heterocycles. The summed E-state index contributed by atoms with van der Waals surface area (Å²) in [4.78, 5) is 65.3. The average Bonchev–Trinajstić information content (AvgIpc) is 2.77. The minimum Gasteiger partial charge on any atom is -0.462 e. The predicted octanol–water partition coefficient (Wildman–Crippen LogP) is 4.76. The number of esters is 5. The summed E-state index contributed by atoms with van der Waals surface area (Å²) in [5, 5.41) is 0. The Morgan fingerprint density at radius 2 is 0.762 bits per heavy atom. The number of rotatable bonds is 6. The van der Waals surface area contributed by atoms with Crippen LogP contribution in [-0.2, 0) is 52.4 Å². The van der Waals surface area contributed by atoms with Crippen LogP contribution in [0.4, 0.5) is 0 Å². The van der Waals surface area contributed by atoms with Gasteiger partial charge in [-0.3, -0.25) is 24.0 Å². The summed E-state index contributed by atoms with van der Waals surface area (Å²) in [6.45, 7) is 24.1. The van der Waals surface area contributed by atoms with E-state index in [2.05, 4.69) is 0 Å². The maximum absolute atomic E-state index is 13.2. The molecule has 1 rings (SSSR count).